The Hall–Kier alpha value is -4.18. The van der Waals surface area contributed by atoms with Gasteiger partial charge in [-0.25, -0.2) is 13.4 Å². The van der Waals surface area contributed by atoms with Crippen LogP contribution in [0.4, 0.5) is 21.6 Å². The molecule has 220 valence electrons. The van der Waals surface area contributed by atoms with Gasteiger partial charge in [-0.05, 0) is 53.8 Å². The molecule has 0 bridgehead atoms. The van der Waals surface area contributed by atoms with Gasteiger partial charge in [-0.1, -0.05) is 69.7 Å². The van der Waals surface area contributed by atoms with Crippen LogP contribution in [0.1, 0.15) is 56.2 Å². The van der Waals surface area contributed by atoms with E-state index >= 15 is 0 Å². The Morgan fingerprint density at radius 1 is 0.952 bits per heavy atom. The topological polar surface area (TPSA) is 97.2 Å². The molecule has 42 heavy (non-hydrogen) atoms. The van der Waals surface area contributed by atoms with Crippen LogP contribution in [-0.4, -0.2) is 19.5 Å². The van der Waals surface area contributed by atoms with E-state index in [1.807, 2.05) is 55.5 Å². The van der Waals surface area contributed by atoms with Crippen molar-refractivity contribution in [1.29, 1.82) is 0 Å². The molecule has 8 nitrogen and oxygen atoms in total. The molecular formula is C32H36FN5O3S. The summed E-state index contributed by atoms with van der Waals surface area (Å²) in [6.07, 6.45) is 1.84. The van der Waals surface area contributed by atoms with Crippen LogP contribution in [0, 0.1) is 5.82 Å². The van der Waals surface area contributed by atoms with Crippen molar-refractivity contribution in [3.05, 3.63) is 116 Å². The molecule has 0 fully saturated rings. The lowest BCUT2D eigenvalue weighted by atomic mass is 10.0. The molecule has 10 heteroatoms. The highest BCUT2D eigenvalue weighted by Gasteiger charge is 2.28. The third-order valence-corrected chi connectivity index (χ3v) is 8.57. The molecule has 0 saturated heterocycles. The zero-order chi connectivity index (χ0) is 29.8. The minimum atomic E-state index is -1.39. The molecule has 5 rings (SSSR count). The number of unbranched alkanes of at least 4 members (excludes halogenated alkanes) is 1. The van der Waals surface area contributed by atoms with E-state index in [2.05, 4.69) is 29.2 Å². The normalized spacial score (nSPS) is 14.7. The lowest BCUT2D eigenvalue weighted by Gasteiger charge is -2.15. The van der Waals surface area contributed by atoms with Crippen molar-refractivity contribution in [3.8, 4) is 0 Å². The molecule has 1 aliphatic rings. The number of nitrogens with zero attached hydrogens (tertiary/aromatic N) is 2. The fraction of sp³-hybridized carbons (Fsp3) is 0.312. The molecule has 0 aliphatic carbocycles. The average Bonchev–Trinajstić information content (AvgIpc) is 3.41. The maximum atomic E-state index is 14.4. The summed E-state index contributed by atoms with van der Waals surface area (Å²) in [6, 6.07) is 21.5. The first-order valence-electron chi connectivity index (χ1n) is 14.3. The summed E-state index contributed by atoms with van der Waals surface area (Å²) in [7, 11) is -1.39. The van der Waals surface area contributed by atoms with E-state index < -0.39 is 28.1 Å². The van der Waals surface area contributed by atoms with Crippen LogP contribution in [0.2, 0.25) is 0 Å². The molecule has 2 unspecified atom stereocenters. The van der Waals surface area contributed by atoms with Crippen molar-refractivity contribution < 1.29 is 8.60 Å². The van der Waals surface area contributed by atoms with E-state index in [9.17, 15) is 18.2 Å². The van der Waals surface area contributed by atoms with Crippen molar-refractivity contribution >= 4 is 28.2 Å². The number of halogens is 1. The van der Waals surface area contributed by atoms with E-state index in [0.29, 0.717) is 35.3 Å². The van der Waals surface area contributed by atoms with Gasteiger partial charge in [-0.2, -0.15) is 0 Å². The van der Waals surface area contributed by atoms with Gasteiger partial charge in [-0.3, -0.25) is 13.9 Å². The van der Waals surface area contributed by atoms with Gasteiger partial charge in [-0.15, -0.1) is 0 Å². The van der Waals surface area contributed by atoms with Crippen LogP contribution in [0.15, 0.2) is 87.3 Å². The first-order chi connectivity index (χ1) is 20.2. The van der Waals surface area contributed by atoms with Gasteiger partial charge in [0.25, 0.3) is 5.56 Å². The number of anilines is 3. The Labute approximate surface area is 247 Å². The third kappa shape index (κ3) is 6.33. The Kier molecular flexibility index (Phi) is 8.91. The second-order valence-electron chi connectivity index (χ2n) is 10.8. The largest absolute Gasteiger partial charge is 0.358 e. The van der Waals surface area contributed by atoms with Crippen molar-refractivity contribution in [3.63, 3.8) is 0 Å². The number of fused-ring (bicyclic) bond motifs is 1. The number of hydrogen-bond acceptors (Lipinski definition) is 5. The maximum Gasteiger partial charge on any atom is 0.332 e. The quantitative estimate of drug-likeness (QED) is 0.210. The zero-order valence-corrected chi connectivity index (χ0v) is 24.8. The maximum absolute atomic E-state index is 14.4. The minimum Gasteiger partial charge on any atom is -0.358 e. The van der Waals surface area contributed by atoms with Gasteiger partial charge in [0.15, 0.2) is 0 Å². The summed E-state index contributed by atoms with van der Waals surface area (Å²) in [5, 5.41) is 6.58. The van der Waals surface area contributed by atoms with Crippen LogP contribution in [-0.2, 0) is 30.5 Å². The van der Waals surface area contributed by atoms with Gasteiger partial charge in [0.2, 0.25) is 0 Å². The Morgan fingerprint density at radius 2 is 1.67 bits per heavy atom. The predicted octanol–water partition coefficient (Wildman–Crippen LogP) is 5.66. The van der Waals surface area contributed by atoms with E-state index in [1.165, 1.54) is 11.6 Å². The highest BCUT2D eigenvalue weighted by atomic mass is 32.2. The number of nitrogens with one attached hydrogen (secondary N) is 3. The van der Waals surface area contributed by atoms with Gasteiger partial charge in [0.1, 0.15) is 34.5 Å². The fourth-order valence-corrected chi connectivity index (χ4v) is 5.86. The lowest BCUT2D eigenvalue weighted by molar-refractivity contribution is 0.547. The van der Waals surface area contributed by atoms with Gasteiger partial charge < -0.3 is 15.4 Å². The molecule has 0 amide bonds. The second kappa shape index (κ2) is 12.8. The molecule has 1 aliphatic heterocycles. The van der Waals surface area contributed by atoms with Crippen LogP contribution in [0.3, 0.4) is 0 Å². The Balaban J connectivity index is 1.31. The predicted molar refractivity (Wildman–Crippen MR) is 167 cm³/mol. The zero-order valence-electron chi connectivity index (χ0n) is 24.0. The Morgan fingerprint density at radius 3 is 2.33 bits per heavy atom. The summed E-state index contributed by atoms with van der Waals surface area (Å²) < 4.78 is 32.9. The van der Waals surface area contributed by atoms with Crippen molar-refractivity contribution in [1.82, 2.24) is 9.13 Å². The van der Waals surface area contributed by atoms with E-state index in [0.717, 1.165) is 28.7 Å². The van der Waals surface area contributed by atoms with Crippen molar-refractivity contribution in [2.75, 3.05) is 15.4 Å². The minimum absolute atomic E-state index is 0.145. The van der Waals surface area contributed by atoms with Crippen LogP contribution in [0.5, 0.6) is 0 Å². The smallest absolute Gasteiger partial charge is 0.332 e. The number of rotatable bonds is 11. The molecule has 1 aromatic heterocycles. The molecule has 2 heterocycles. The molecular weight excluding hydrogens is 553 g/mol. The first kappa shape index (κ1) is 29.3. The van der Waals surface area contributed by atoms with Gasteiger partial charge in [0.05, 0.1) is 11.4 Å². The number of hydrogen-bond donors (Lipinski definition) is 3. The molecule has 2 atom stereocenters. The van der Waals surface area contributed by atoms with Crippen LogP contribution < -0.4 is 26.6 Å². The first-order valence-corrected chi connectivity index (χ1v) is 15.4. The fourth-order valence-electron chi connectivity index (χ4n) is 5.00. The van der Waals surface area contributed by atoms with Crippen LogP contribution in [0.25, 0.3) is 0 Å². The van der Waals surface area contributed by atoms with E-state index in [-0.39, 0.29) is 18.3 Å². The highest BCUT2D eigenvalue weighted by molar-refractivity contribution is 7.86. The average molecular weight is 590 g/mol. The monoisotopic (exact) mass is 589 g/mol. The van der Waals surface area contributed by atoms with Crippen molar-refractivity contribution in [2.45, 2.75) is 70.1 Å². The lowest BCUT2D eigenvalue weighted by Crippen LogP contribution is -2.41. The summed E-state index contributed by atoms with van der Waals surface area (Å²) >= 11 is 0. The summed E-state index contributed by atoms with van der Waals surface area (Å²) in [5.41, 5.74) is 2.55. The van der Waals surface area contributed by atoms with Crippen LogP contribution >= 0.6 is 0 Å². The second-order valence-corrected chi connectivity index (χ2v) is 12.0. The van der Waals surface area contributed by atoms with E-state index in [1.54, 1.807) is 22.8 Å². The summed E-state index contributed by atoms with van der Waals surface area (Å²) in [4.78, 5) is 27.5. The Bertz CT molecular complexity index is 1700. The van der Waals surface area contributed by atoms with E-state index in [4.69, 9.17) is 0 Å². The van der Waals surface area contributed by atoms with Gasteiger partial charge in [0, 0.05) is 24.2 Å². The molecule has 0 saturated carbocycles. The summed E-state index contributed by atoms with van der Waals surface area (Å²) in [6.45, 7) is 6.57. The highest BCUT2D eigenvalue weighted by Crippen LogP contribution is 2.27. The number of aromatic nitrogens is 2. The third-order valence-electron chi connectivity index (χ3n) is 7.44. The van der Waals surface area contributed by atoms with Gasteiger partial charge >= 0.3 is 5.69 Å². The molecule has 0 spiro atoms. The molecule has 4 aromatic rings. The number of benzene rings is 3. The summed E-state index contributed by atoms with van der Waals surface area (Å²) in [5.74, 6) is 0.415. The molecule has 3 N–H and O–H groups in total. The SMILES string of the molecule is CCCCn1c2c(c(=O)n(Cc3ccccc3F)c1=O)NC(Cc1ccc(NS(=O)c3ccc(C(C)C)cc3)cc1)N2. The standard InChI is InChI=1S/C32H36FN5O3S/c1-4-5-18-37-30-29(31(39)38(32(37)40)20-24-8-6-7-9-27(24)33)34-28(35-30)19-22-10-14-25(15-11-22)36-42(41)26-16-12-23(13-17-26)21(2)3/h6-17,21,28,34-36H,4-5,18-20H2,1-3H3. The molecule has 0 radical (unpaired) electrons. The van der Waals surface area contributed by atoms with Crippen molar-refractivity contribution in [2.24, 2.45) is 0 Å². The molecule has 3 aromatic carbocycles.